The topological polar surface area (TPSA) is 46.9 Å². The molecule has 0 bridgehead atoms. The highest BCUT2D eigenvalue weighted by Gasteiger charge is 2.15. The van der Waals surface area contributed by atoms with Gasteiger partial charge in [-0.2, -0.15) is 0 Å². The zero-order chi connectivity index (χ0) is 16.8. The standard InChI is InChI=1S/C19H23N3O/c1-5-9-17-18(12-20-19(23)14(2)3)22(15(4)21-17)13-16-10-7-6-8-11-16/h5-8,10-11H,1-2,9,12-13H2,3-4H3,(H,20,23). The number of benzene rings is 1. The van der Waals surface area contributed by atoms with Crippen LogP contribution in [0.15, 0.2) is 55.1 Å². The third kappa shape index (κ3) is 4.19. The third-order valence-electron chi connectivity index (χ3n) is 3.67. The van der Waals surface area contributed by atoms with Gasteiger partial charge in [-0.1, -0.05) is 43.0 Å². The summed E-state index contributed by atoms with van der Waals surface area (Å²) in [5, 5.41) is 2.90. The van der Waals surface area contributed by atoms with Crippen molar-refractivity contribution in [3.05, 3.63) is 77.9 Å². The summed E-state index contributed by atoms with van der Waals surface area (Å²) in [6.07, 6.45) is 2.51. The average Bonchev–Trinajstić information content (AvgIpc) is 2.82. The Morgan fingerprint density at radius 1 is 1.35 bits per heavy atom. The Hall–Kier alpha value is -2.62. The van der Waals surface area contributed by atoms with Gasteiger partial charge < -0.3 is 9.88 Å². The van der Waals surface area contributed by atoms with E-state index in [1.165, 1.54) is 5.56 Å². The van der Waals surface area contributed by atoms with Crippen molar-refractivity contribution >= 4 is 5.91 Å². The Bertz CT molecular complexity index is 714. The molecular weight excluding hydrogens is 286 g/mol. The first kappa shape index (κ1) is 16.7. The van der Waals surface area contributed by atoms with E-state index in [1.807, 2.05) is 31.2 Å². The van der Waals surface area contributed by atoms with E-state index in [4.69, 9.17) is 0 Å². The Labute approximate surface area is 137 Å². The van der Waals surface area contributed by atoms with Crippen LogP contribution in [0.1, 0.15) is 29.7 Å². The molecule has 0 spiro atoms. The van der Waals surface area contributed by atoms with E-state index in [-0.39, 0.29) is 5.91 Å². The number of aromatic nitrogens is 2. The van der Waals surface area contributed by atoms with Crippen LogP contribution in [-0.4, -0.2) is 15.5 Å². The fourth-order valence-electron chi connectivity index (χ4n) is 2.46. The van der Waals surface area contributed by atoms with Gasteiger partial charge in [-0.25, -0.2) is 4.98 Å². The van der Waals surface area contributed by atoms with Gasteiger partial charge in [0.05, 0.1) is 17.9 Å². The monoisotopic (exact) mass is 309 g/mol. The number of hydrogen-bond donors (Lipinski definition) is 1. The van der Waals surface area contributed by atoms with Gasteiger partial charge in [0, 0.05) is 18.5 Å². The van der Waals surface area contributed by atoms with E-state index < -0.39 is 0 Å². The summed E-state index contributed by atoms with van der Waals surface area (Å²) in [5.41, 5.74) is 3.67. The van der Waals surface area contributed by atoms with Crippen molar-refractivity contribution in [2.24, 2.45) is 0 Å². The van der Waals surface area contributed by atoms with Crippen LogP contribution in [0.25, 0.3) is 0 Å². The first-order chi connectivity index (χ1) is 11.0. The lowest BCUT2D eigenvalue weighted by molar-refractivity contribution is -0.117. The molecule has 1 aromatic heterocycles. The molecule has 2 rings (SSSR count). The molecule has 0 radical (unpaired) electrons. The number of allylic oxidation sites excluding steroid dienone is 1. The quantitative estimate of drug-likeness (QED) is 0.631. The molecule has 23 heavy (non-hydrogen) atoms. The fraction of sp³-hybridized carbons (Fsp3) is 0.263. The van der Waals surface area contributed by atoms with Gasteiger partial charge in [-0.05, 0) is 19.4 Å². The molecule has 0 aliphatic heterocycles. The van der Waals surface area contributed by atoms with E-state index in [0.29, 0.717) is 18.5 Å². The molecular formula is C19H23N3O. The number of imidazole rings is 1. The zero-order valence-corrected chi connectivity index (χ0v) is 13.8. The molecule has 4 nitrogen and oxygen atoms in total. The SMILES string of the molecule is C=CCc1nc(C)n(Cc2ccccc2)c1CNC(=O)C(=C)C. The Balaban J connectivity index is 2.30. The predicted molar refractivity (Wildman–Crippen MR) is 93.1 cm³/mol. The molecule has 1 amide bonds. The highest BCUT2D eigenvalue weighted by molar-refractivity contribution is 5.91. The molecule has 0 saturated carbocycles. The second-order valence-electron chi connectivity index (χ2n) is 5.58. The Morgan fingerprint density at radius 3 is 2.65 bits per heavy atom. The lowest BCUT2D eigenvalue weighted by Gasteiger charge is -2.12. The Kier molecular flexibility index (Phi) is 5.52. The maximum absolute atomic E-state index is 11.8. The Morgan fingerprint density at radius 2 is 2.04 bits per heavy atom. The van der Waals surface area contributed by atoms with Gasteiger partial charge in [0.25, 0.3) is 0 Å². The lowest BCUT2D eigenvalue weighted by atomic mass is 10.2. The number of nitrogens with one attached hydrogen (secondary N) is 1. The van der Waals surface area contributed by atoms with Crippen molar-refractivity contribution in [1.82, 2.24) is 14.9 Å². The molecule has 0 fully saturated rings. The maximum atomic E-state index is 11.8. The normalized spacial score (nSPS) is 10.3. The molecule has 1 aromatic carbocycles. The minimum absolute atomic E-state index is 0.139. The summed E-state index contributed by atoms with van der Waals surface area (Å²) >= 11 is 0. The van der Waals surface area contributed by atoms with Crippen LogP contribution >= 0.6 is 0 Å². The largest absolute Gasteiger partial charge is 0.347 e. The summed E-state index contributed by atoms with van der Waals surface area (Å²) in [7, 11) is 0. The van der Waals surface area contributed by atoms with E-state index in [2.05, 4.69) is 40.2 Å². The molecule has 120 valence electrons. The number of carbonyl (C=O) groups excluding carboxylic acids is 1. The van der Waals surface area contributed by atoms with Gasteiger partial charge in [-0.3, -0.25) is 4.79 Å². The van der Waals surface area contributed by atoms with Crippen LogP contribution in [0.3, 0.4) is 0 Å². The van der Waals surface area contributed by atoms with Crippen molar-refractivity contribution in [1.29, 1.82) is 0 Å². The minimum atomic E-state index is -0.139. The van der Waals surface area contributed by atoms with Crippen LogP contribution in [0.2, 0.25) is 0 Å². The molecule has 1 N–H and O–H groups in total. The minimum Gasteiger partial charge on any atom is -0.347 e. The molecule has 0 atom stereocenters. The van der Waals surface area contributed by atoms with Crippen molar-refractivity contribution in [3.8, 4) is 0 Å². The first-order valence-electron chi connectivity index (χ1n) is 7.66. The summed E-state index contributed by atoms with van der Waals surface area (Å²) < 4.78 is 2.15. The lowest BCUT2D eigenvalue weighted by Crippen LogP contribution is -2.25. The fourth-order valence-corrected chi connectivity index (χ4v) is 2.46. The number of rotatable bonds is 7. The molecule has 4 heteroatoms. The van der Waals surface area contributed by atoms with Gasteiger partial charge >= 0.3 is 0 Å². The van der Waals surface area contributed by atoms with Crippen LogP contribution in [0.4, 0.5) is 0 Å². The first-order valence-corrected chi connectivity index (χ1v) is 7.66. The predicted octanol–water partition coefficient (Wildman–Crippen LogP) is 3.16. The number of hydrogen-bond acceptors (Lipinski definition) is 2. The van der Waals surface area contributed by atoms with E-state index in [1.54, 1.807) is 6.92 Å². The van der Waals surface area contributed by atoms with Gasteiger partial charge in [0.15, 0.2) is 0 Å². The van der Waals surface area contributed by atoms with Crippen molar-refractivity contribution < 1.29 is 4.79 Å². The average molecular weight is 309 g/mol. The van der Waals surface area contributed by atoms with Crippen molar-refractivity contribution in [2.45, 2.75) is 33.4 Å². The summed E-state index contributed by atoms with van der Waals surface area (Å²) in [6, 6.07) is 10.2. The second-order valence-corrected chi connectivity index (χ2v) is 5.58. The zero-order valence-electron chi connectivity index (χ0n) is 13.8. The van der Waals surface area contributed by atoms with E-state index >= 15 is 0 Å². The summed E-state index contributed by atoms with van der Waals surface area (Å²) in [4.78, 5) is 16.4. The molecule has 0 aliphatic rings. The van der Waals surface area contributed by atoms with Crippen LogP contribution in [0, 0.1) is 6.92 Å². The number of aryl methyl sites for hydroxylation is 1. The summed E-state index contributed by atoms with van der Waals surface area (Å²) in [5.74, 6) is 0.796. The number of carbonyl (C=O) groups is 1. The molecule has 2 aromatic rings. The third-order valence-corrected chi connectivity index (χ3v) is 3.67. The van der Waals surface area contributed by atoms with E-state index in [9.17, 15) is 4.79 Å². The molecule has 0 aliphatic carbocycles. The number of nitrogens with zero attached hydrogens (tertiary/aromatic N) is 2. The number of amides is 1. The van der Waals surface area contributed by atoms with Gasteiger partial charge in [0.2, 0.25) is 5.91 Å². The van der Waals surface area contributed by atoms with Crippen molar-refractivity contribution in [3.63, 3.8) is 0 Å². The van der Waals surface area contributed by atoms with Crippen molar-refractivity contribution in [2.75, 3.05) is 0 Å². The highest BCUT2D eigenvalue weighted by atomic mass is 16.1. The highest BCUT2D eigenvalue weighted by Crippen LogP contribution is 2.16. The maximum Gasteiger partial charge on any atom is 0.246 e. The van der Waals surface area contributed by atoms with E-state index in [0.717, 1.165) is 23.8 Å². The smallest absolute Gasteiger partial charge is 0.246 e. The van der Waals surface area contributed by atoms with Gasteiger partial charge in [0.1, 0.15) is 5.82 Å². The van der Waals surface area contributed by atoms with Gasteiger partial charge in [-0.15, -0.1) is 6.58 Å². The second kappa shape index (κ2) is 7.58. The molecule has 0 unspecified atom stereocenters. The molecule has 0 saturated heterocycles. The van der Waals surface area contributed by atoms with Crippen LogP contribution in [0.5, 0.6) is 0 Å². The molecule has 1 heterocycles. The van der Waals surface area contributed by atoms with Crippen LogP contribution in [-0.2, 0) is 24.3 Å². The summed E-state index contributed by atoms with van der Waals surface area (Å²) in [6.45, 7) is 12.3. The van der Waals surface area contributed by atoms with Crippen LogP contribution < -0.4 is 5.32 Å².